The first-order valence-electron chi connectivity index (χ1n) is 13.0. The molecule has 6 rings (SSSR count). The van der Waals surface area contributed by atoms with Crippen molar-refractivity contribution in [3.63, 3.8) is 0 Å². The third-order valence-corrected chi connectivity index (χ3v) is 8.63. The number of rotatable bonds is 5. The molecule has 0 bridgehead atoms. The van der Waals surface area contributed by atoms with Crippen molar-refractivity contribution in [2.75, 3.05) is 18.3 Å². The van der Waals surface area contributed by atoms with E-state index in [1.807, 2.05) is 17.5 Å². The lowest BCUT2D eigenvalue weighted by Crippen LogP contribution is -2.46. The Morgan fingerprint density at radius 3 is 2.49 bits per heavy atom. The number of amides is 1. The van der Waals surface area contributed by atoms with E-state index in [1.54, 1.807) is 25.1 Å². The Hall–Kier alpha value is -4.12. The maximum absolute atomic E-state index is 14.4. The van der Waals surface area contributed by atoms with Crippen LogP contribution in [0.5, 0.6) is 11.5 Å². The van der Waals surface area contributed by atoms with Gasteiger partial charge in [0.05, 0.1) is 12.2 Å². The van der Waals surface area contributed by atoms with Gasteiger partial charge in [-0.3, -0.25) is 19.3 Å². The SMILES string of the molecule is CCOC(=O)[C@@H]1C(=O)C2=C(C[C@H]1c1cccs1)N(c1ccc(C(F)(F)F)cc1)C(=O)C[C@H]2c1ccc2c(c1)OCO2. The molecule has 11 heteroatoms. The number of benzene rings is 2. The Balaban J connectivity index is 1.52. The molecular weight excluding hydrogens is 559 g/mol. The van der Waals surface area contributed by atoms with Gasteiger partial charge in [0, 0.05) is 40.1 Å². The number of ether oxygens (including phenoxy) is 3. The lowest BCUT2D eigenvalue weighted by Gasteiger charge is -2.42. The van der Waals surface area contributed by atoms with Gasteiger partial charge in [0.15, 0.2) is 17.3 Å². The maximum atomic E-state index is 14.4. The number of nitrogens with zero attached hydrogens (tertiary/aromatic N) is 1. The van der Waals surface area contributed by atoms with Crippen molar-refractivity contribution in [2.24, 2.45) is 5.92 Å². The standard InChI is InChI=1S/C30H24F3NO6S/c1-2-38-29(37)27-20(24-4-3-11-41-24)13-21-26(28(27)36)19(16-5-10-22-23(12-16)40-15-39-22)14-25(35)34(21)18-8-6-17(7-9-18)30(31,32)33/h3-12,19-20,27H,2,13-15H2,1H3/t19-,20-,27-/m0/s1. The van der Waals surface area contributed by atoms with Crippen LogP contribution in [0.2, 0.25) is 0 Å². The highest BCUT2D eigenvalue weighted by molar-refractivity contribution is 7.10. The summed E-state index contributed by atoms with van der Waals surface area (Å²) in [6, 6.07) is 13.1. The van der Waals surface area contributed by atoms with Gasteiger partial charge in [-0.25, -0.2) is 0 Å². The van der Waals surface area contributed by atoms with Gasteiger partial charge in [-0.2, -0.15) is 13.2 Å². The quantitative estimate of drug-likeness (QED) is 0.263. The summed E-state index contributed by atoms with van der Waals surface area (Å²) in [6.45, 7) is 1.80. The number of anilines is 1. The van der Waals surface area contributed by atoms with Crippen LogP contribution in [0.1, 0.15) is 47.6 Å². The minimum absolute atomic E-state index is 0.0460. The number of hydrogen-bond donors (Lipinski definition) is 0. The summed E-state index contributed by atoms with van der Waals surface area (Å²) in [6.07, 6.45) is -4.54. The molecule has 0 saturated carbocycles. The summed E-state index contributed by atoms with van der Waals surface area (Å²) >= 11 is 1.38. The van der Waals surface area contributed by atoms with Crippen LogP contribution in [0.3, 0.4) is 0 Å². The molecule has 41 heavy (non-hydrogen) atoms. The Morgan fingerprint density at radius 2 is 1.80 bits per heavy atom. The Kier molecular flexibility index (Phi) is 6.85. The number of thiophene rings is 1. The minimum atomic E-state index is -4.54. The highest BCUT2D eigenvalue weighted by atomic mass is 32.1. The van der Waals surface area contributed by atoms with Crippen molar-refractivity contribution in [1.82, 2.24) is 0 Å². The molecular formula is C30H24F3NO6S. The topological polar surface area (TPSA) is 82.1 Å². The Labute approximate surface area is 237 Å². The van der Waals surface area contributed by atoms with Gasteiger partial charge in [0.25, 0.3) is 0 Å². The van der Waals surface area contributed by atoms with E-state index in [-0.39, 0.29) is 43.4 Å². The molecule has 0 saturated heterocycles. The number of esters is 1. The fraction of sp³-hybridized carbons (Fsp3) is 0.300. The first-order chi connectivity index (χ1) is 19.7. The molecule has 3 aliphatic rings. The number of hydrogen-bond acceptors (Lipinski definition) is 7. The smallest absolute Gasteiger partial charge is 0.416 e. The van der Waals surface area contributed by atoms with Gasteiger partial charge in [-0.1, -0.05) is 12.1 Å². The number of alkyl halides is 3. The highest BCUT2D eigenvalue weighted by Crippen LogP contribution is 2.51. The molecule has 0 fully saturated rings. The summed E-state index contributed by atoms with van der Waals surface area (Å²) in [5.74, 6) is -2.92. The van der Waals surface area contributed by atoms with Gasteiger partial charge in [-0.15, -0.1) is 11.3 Å². The zero-order chi connectivity index (χ0) is 28.9. The zero-order valence-electron chi connectivity index (χ0n) is 21.8. The summed E-state index contributed by atoms with van der Waals surface area (Å²) in [7, 11) is 0. The molecule has 3 heterocycles. The van der Waals surface area contributed by atoms with Crippen molar-refractivity contribution in [2.45, 2.75) is 37.8 Å². The van der Waals surface area contributed by atoms with Crippen LogP contribution in [0.25, 0.3) is 0 Å². The van der Waals surface area contributed by atoms with E-state index >= 15 is 0 Å². The predicted octanol–water partition coefficient (Wildman–Crippen LogP) is 6.21. The van der Waals surface area contributed by atoms with Crippen molar-refractivity contribution in [3.05, 3.63) is 87.3 Å². The Bertz CT molecular complexity index is 1550. The zero-order valence-corrected chi connectivity index (χ0v) is 22.6. The van der Waals surface area contributed by atoms with Gasteiger partial charge >= 0.3 is 12.1 Å². The summed E-state index contributed by atoms with van der Waals surface area (Å²) in [5.41, 5.74) is 0.637. The van der Waals surface area contributed by atoms with Crippen LogP contribution in [0.15, 0.2) is 71.2 Å². The number of fused-ring (bicyclic) bond motifs is 1. The monoisotopic (exact) mass is 583 g/mol. The van der Waals surface area contributed by atoms with Gasteiger partial charge in [0.1, 0.15) is 5.92 Å². The first kappa shape index (κ1) is 27.1. The lowest BCUT2D eigenvalue weighted by molar-refractivity contribution is -0.152. The van der Waals surface area contributed by atoms with Crippen LogP contribution >= 0.6 is 11.3 Å². The van der Waals surface area contributed by atoms with Crippen LogP contribution in [-0.2, 0) is 25.3 Å². The molecule has 1 aliphatic carbocycles. The van der Waals surface area contributed by atoms with Crippen LogP contribution < -0.4 is 14.4 Å². The molecule has 2 aromatic carbocycles. The molecule has 1 amide bonds. The van der Waals surface area contributed by atoms with Crippen LogP contribution in [-0.4, -0.2) is 31.1 Å². The molecule has 1 aromatic heterocycles. The van der Waals surface area contributed by atoms with Crippen LogP contribution in [0, 0.1) is 5.92 Å². The molecule has 0 spiro atoms. The Morgan fingerprint density at radius 1 is 1.05 bits per heavy atom. The number of halogens is 3. The fourth-order valence-corrected chi connectivity index (χ4v) is 6.68. The second-order valence-corrected chi connectivity index (χ2v) is 10.9. The molecule has 0 unspecified atom stereocenters. The van der Waals surface area contributed by atoms with Crippen molar-refractivity contribution in [1.29, 1.82) is 0 Å². The fourth-order valence-electron chi connectivity index (χ4n) is 5.82. The molecule has 0 N–H and O–H groups in total. The largest absolute Gasteiger partial charge is 0.465 e. The lowest BCUT2D eigenvalue weighted by atomic mass is 9.69. The van der Waals surface area contributed by atoms with E-state index in [0.29, 0.717) is 22.8 Å². The van der Waals surface area contributed by atoms with Gasteiger partial charge in [-0.05, 0) is 66.8 Å². The van der Waals surface area contributed by atoms with E-state index in [4.69, 9.17) is 14.2 Å². The second-order valence-electron chi connectivity index (χ2n) is 9.92. The average Bonchev–Trinajstić information content (AvgIpc) is 3.64. The predicted molar refractivity (Wildman–Crippen MR) is 143 cm³/mol. The maximum Gasteiger partial charge on any atom is 0.416 e. The van der Waals surface area contributed by atoms with Gasteiger partial charge in [0.2, 0.25) is 12.7 Å². The molecule has 212 valence electrons. The summed E-state index contributed by atoms with van der Waals surface area (Å²) in [5, 5.41) is 1.83. The van der Waals surface area contributed by atoms with E-state index in [9.17, 15) is 27.6 Å². The third kappa shape index (κ3) is 4.77. The van der Waals surface area contributed by atoms with Crippen molar-refractivity contribution in [3.8, 4) is 11.5 Å². The summed E-state index contributed by atoms with van der Waals surface area (Å²) < 4.78 is 56.1. The normalized spacial score (nSPS) is 22.1. The molecule has 2 aliphatic heterocycles. The molecule has 3 atom stereocenters. The van der Waals surface area contributed by atoms with Crippen LogP contribution in [0.4, 0.5) is 18.9 Å². The highest BCUT2D eigenvalue weighted by Gasteiger charge is 2.50. The van der Waals surface area contributed by atoms with Gasteiger partial charge < -0.3 is 14.2 Å². The first-order valence-corrected chi connectivity index (χ1v) is 13.9. The molecule has 7 nitrogen and oxygen atoms in total. The number of allylic oxidation sites excluding steroid dienone is 2. The number of carbonyl (C=O) groups excluding carboxylic acids is 3. The second kappa shape index (κ2) is 10.4. The molecule has 0 radical (unpaired) electrons. The molecule has 3 aromatic rings. The minimum Gasteiger partial charge on any atom is -0.465 e. The van der Waals surface area contributed by atoms with E-state index < -0.39 is 41.2 Å². The number of carbonyl (C=O) groups is 3. The number of Topliss-reactive ketones (excluding diaryl/α,β-unsaturated/α-hetero) is 1. The van der Waals surface area contributed by atoms with Crippen molar-refractivity contribution < 1.29 is 41.8 Å². The summed E-state index contributed by atoms with van der Waals surface area (Å²) in [4.78, 5) is 43.5. The van der Waals surface area contributed by atoms with Crippen molar-refractivity contribution >= 4 is 34.7 Å². The van der Waals surface area contributed by atoms with E-state index in [1.165, 1.54) is 28.4 Å². The third-order valence-electron chi connectivity index (χ3n) is 7.62. The average molecular weight is 584 g/mol. The number of ketones is 1. The van der Waals surface area contributed by atoms with E-state index in [0.717, 1.165) is 17.0 Å². The van der Waals surface area contributed by atoms with E-state index in [2.05, 4.69) is 0 Å².